The van der Waals surface area contributed by atoms with Crippen molar-refractivity contribution in [1.29, 1.82) is 0 Å². The van der Waals surface area contributed by atoms with E-state index < -0.39 is 28.6 Å². The summed E-state index contributed by atoms with van der Waals surface area (Å²) in [6.07, 6.45) is 2.90. The molecule has 1 unspecified atom stereocenters. The molecule has 4 heterocycles. The summed E-state index contributed by atoms with van der Waals surface area (Å²) < 4.78 is 33.4. The average Bonchev–Trinajstić information content (AvgIpc) is 3.13. The van der Waals surface area contributed by atoms with Gasteiger partial charge in [0.25, 0.3) is 0 Å². The molecule has 4 aromatic rings. The quantitative estimate of drug-likeness (QED) is 0.286. The number of amides is 1. The number of halogens is 3. The van der Waals surface area contributed by atoms with Gasteiger partial charge in [0.2, 0.25) is 5.91 Å². The minimum absolute atomic E-state index is 0.102. The van der Waals surface area contributed by atoms with Crippen LogP contribution in [0, 0.1) is 18.6 Å². The van der Waals surface area contributed by atoms with Gasteiger partial charge in [0.05, 0.1) is 43.8 Å². The van der Waals surface area contributed by atoms with E-state index in [1.165, 1.54) is 34.5 Å². The monoisotopic (exact) mass is 623 g/mol. The summed E-state index contributed by atoms with van der Waals surface area (Å²) in [4.78, 5) is 39.4. The van der Waals surface area contributed by atoms with E-state index in [9.17, 15) is 14.7 Å². The Labute approximate surface area is 255 Å². The number of hydrogen-bond donors (Lipinski definition) is 1. The van der Waals surface area contributed by atoms with Gasteiger partial charge >= 0.3 is 5.69 Å². The average molecular weight is 624 g/mol. The van der Waals surface area contributed by atoms with E-state index >= 15 is 8.78 Å². The van der Waals surface area contributed by atoms with E-state index in [0.717, 1.165) is 6.07 Å². The summed E-state index contributed by atoms with van der Waals surface area (Å²) in [7, 11) is 0. The number of aromatic nitrogens is 3. The van der Waals surface area contributed by atoms with Gasteiger partial charge in [-0.25, -0.2) is 13.6 Å². The Morgan fingerprint density at radius 2 is 2.00 bits per heavy atom. The van der Waals surface area contributed by atoms with Crippen molar-refractivity contribution in [2.45, 2.75) is 37.6 Å². The van der Waals surface area contributed by atoms with E-state index in [2.05, 4.69) is 16.5 Å². The normalized spacial score (nSPS) is 16.4. The van der Waals surface area contributed by atoms with E-state index in [-0.39, 0.29) is 44.7 Å². The van der Waals surface area contributed by atoms with Crippen molar-refractivity contribution >= 4 is 46.0 Å². The van der Waals surface area contributed by atoms with Crippen molar-refractivity contribution < 1.29 is 18.7 Å². The lowest BCUT2D eigenvalue weighted by Crippen LogP contribution is -2.56. The number of phenolic OH excluding ortho intramolecular Hbond substituents is 1. The molecule has 1 atom stereocenters. The van der Waals surface area contributed by atoms with E-state index in [4.69, 9.17) is 11.6 Å². The maximum Gasteiger partial charge on any atom is 0.354 e. The second kappa shape index (κ2) is 10.9. The van der Waals surface area contributed by atoms with E-state index in [1.807, 2.05) is 25.7 Å². The van der Waals surface area contributed by atoms with E-state index in [1.54, 1.807) is 17.2 Å². The number of carbonyl (C=O) groups excluding carboxylic acids is 1. The molecule has 0 radical (unpaired) electrons. The Morgan fingerprint density at radius 1 is 1.23 bits per heavy atom. The Balaban J connectivity index is 1.76. The van der Waals surface area contributed by atoms with Crippen LogP contribution < -0.4 is 10.6 Å². The maximum atomic E-state index is 16.8. The number of rotatable bonds is 4. The zero-order valence-corrected chi connectivity index (χ0v) is 25.3. The molecule has 0 saturated carbocycles. The lowest BCUT2D eigenvalue weighted by atomic mass is 9.99. The van der Waals surface area contributed by atoms with Crippen LogP contribution in [0.15, 0.2) is 52.8 Å². The number of piperazine rings is 1. The molecule has 1 fully saturated rings. The van der Waals surface area contributed by atoms with Gasteiger partial charge in [0.1, 0.15) is 23.2 Å². The van der Waals surface area contributed by atoms with Crippen LogP contribution in [0.4, 0.5) is 14.6 Å². The number of pyridine rings is 1. The summed E-state index contributed by atoms with van der Waals surface area (Å²) in [5, 5.41) is 10.8. The smallest absolute Gasteiger partial charge is 0.354 e. The highest BCUT2D eigenvalue weighted by Gasteiger charge is 2.38. The molecule has 1 N–H and O–H groups in total. The van der Waals surface area contributed by atoms with Gasteiger partial charge in [-0.15, -0.1) is 11.8 Å². The van der Waals surface area contributed by atoms with Crippen LogP contribution in [0.25, 0.3) is 27.7 Å². The molecule has 222 valence electrons. The predicted molar refractivity (Wildman–Crippen MR) is 165 cm³/mol. The van der Waals surface area contributed by atoms with Crippen LogP contribution in [-0.2, 0) is 4.79 Å². The van der Waals surface area contributed by atoms with Crippen molar-refractivity contribution in [3.8, 4) is 22.6 Å². The Kier molecular flexibility index (Phi) is 7.42. The summed E-state index contributed by atoms with van der Waals surface area (Å²) in [6, 6.07) is 5.12. The fourth-order valence-corrected chi connectivity index (χ4v) is 7.53. The number of aromatic hydroxyl groups is 1. The Morgan fingerprint density at radius 3 is 2.70 bits per heavy atom. The molecule has 0 spiro atoms. The molecule has 8 nitrogen and oxygen atoms in total. The lowest BCUT2D eigenvalue weighted by Gasteiger charge is -2.41. The molecule has 1 saturated heterocycles. The van der Waals surface area contributed by atoms with Crippen molar-refractivity contribution in [2.24, 2.45) is 0 Å². The molecule has 43 heavy (non-hydrogen) atoms. The lowest BCUT2D eigenvalue weighted by molar-refractivity contribution is -0.126. The van der Waals surface area contributed by atoms with Crippen LogP contribution >= 0.6 is 23.4 Å². The Bertz CT molecular complexity index is 1880. The predicted octanol–water partition coefficient (Wildman–Crippen LogP) is 5.83. The number of phenols is 1. The second-order valence-electron chi connectivity index (χ2n) is 10.9. The van der Waals surface area contributed by atoms with Crippen molar-refractivity contribution in [2.75, 3.05) is 30.3 Å². The number of thioether (sulfide) groups is 1. The first-order chi connectivity index (χ1) is 20.5. The zero-order valence-electron chi connectivity index (χ0n) is 23.7. The third-order valence-corrected chi connectivity index (χ3v) is 9.57. The molecule has 2 aromatic heterocycles. The maximum absolute atomic E-state index is 16.8. The summed E-state index contributed by atoms with van der Waals surface area (Å²) >= 11 is 8.23. The minimum atomic E-state index is -0.870. The first kappa shape index (κ1) is 29.1. The van der Waals surface area contributed by atoms with Crippen molar-refractivity contribution in [1.82, 2.24) is 19.4 Å². The number of hydrogen-bond acceptors (Lipinski definition) is 7. The molecular formula is C31H28ClF2N5O3S. The van der Waals surface area contributed by atoms with Gasteiger partial charge in [0.15, 0.2) is 0 Å². The molecule has 0 aliphatic carbocycles. The summed E-state index contributed by atoms with van der Waals surface area (Å²) in [5.41, 5.74) is 0.488. The van der Waals surface area contributed by atoms with Crippen molar-refractivity contribution in [3.05, 3.63) is 81.5 Å². The molecule has 0 bridgehead atoms. The summed E-state index contributed by atoms with van der Waals surface area (Å²) in [5.74, 6) is -1.94. The van der Waals surface area contributed by atoms with E-state index in [0.29, 0.717) is 47.7 Å². The van der Waals surface area contributed by atoms with Gasteiger partial charge in [-0.3, -0.25) is 14.3 Å². The van der Waals surface area contributed by atoms with Gasteiger partial charge < -0.3 is 14.9 Å². The fourth-order valence-electron chi connectivity index (χ4n) is 5.97. The van der Waals surface area contributed by atoms with Crippen LogP contribution in [0.3, 0.4) is 0 Å². The van der Waals surface area contributed by atoms with Gasteiger partial charge in [-0.1, -0.05) is 38.1 Å². The highest BCUT2D eigenvalue weighted by molar-refractivity contribution is 7.99. The van der Waals surface area contributed by atoms with Gasteiger partial charge in [0, 0.05) is 37.1 Å². The highest BCUT2D eigenvalue weighted by Crippen LogP contribution is 2.50. The summed E-state index contributed by atoms with van der Waals surface area (Å²) in [6.45, 7) is 10.3. The fraction of sp³-hybridized carbons (Fsp3) is 0.290. The third-order valence-electron chi connectivity index (χ3n) is 7.98. The number of fused-ring (bicyclic) bond motifs is 2. The number of benzene rings is 2. The molecule has 2 aliphatic rings. The topological polar surface area (TPSA) is 91.6 Å². The SMILES string of the molecule is C=CC(=O)N1CCN2c3nc(=O)n(-c4c(C)ccnc4C(C)C)c4c(Cl)c(-c5c(O)cccc5F)c(F)c(c34)SCC2C1. The second-order valence-corrected chi connectivity index (χ2v) is 12.3. The zero-order chi connectivity index (χ0) is 30.7. The van der Waals surface area contributed by atoms with Gasteiger partial charge in [-0.2, -0.15) is 4.98 Å². The largest absolute Gasteiger partial charge is 0.507 e. The van der Waals surface area contributed by atoms with Crippen LogP contribution in [0.5, 0.6) is 5.75 Å². The van der Waals surface area contributed by atoms with Crippen LogP contribution in [0.2, 0.25) is 5.02 Å². The number of nitrogens with zero attached hydrogens (tertiary/aromatic N) is 5. The third kappa shape index (κ3) is 4.56. The molecular weight excluding hydrogens is 596 g/mol. The molecule has 6 rings (SSSR count). The molecule has 1 amide bonds. The number of aryl methyl sites for hydroxylation is 1. The minimum Gasteiger partial charge on any atom is -0.507 e. The number of anilines is 1. The first-order valence-electron chi connectivity index (χ1n) is 13.8. The molecule has 12 heteroatoms. The van der Waals surface area contributed by atoms with Crippen LogP contribution in [-0.4, -0.2) is 61.9 Å². The van der Waals surface area contributed by atoms with Gasteiger partial charge in [-0.05, 0) is 42.7 Å². The standard InChI is InChI=1S/C31H28ClF2N5O3S/c1-5-20(41)37-11-12-38-17(13-37)14-43-29-23-28(24(32)22(25(29)34)21-18(33)7-6-8-19(21)40)39(31(42)36-30(23)38)27-16(4)9-10-35-26(27)15(2)3/h5-10,15,17,40H,1,11-14H2,2-4H3. The molecule has 2 aliphatic heterocycles. The van der Waals surface area contributed by atoms with Crippen molar-refractivity contribution in [3.63, 3.8) is 0 Å². The highest BCUT2D eigenvalue weighted by atomic mass is 35.5. The number of carbonyl (C=O) groups is 1. The first-order valence-corrected chi connectivity index (χ1v) is 15.1. The molecule has 2 aromatic carbocycles. The van der Waals surface area contributed by atoms with Crippen LogP contribution in [0.1, 0.15) is 31.0 Å². The Hall–Kier alpha value is -3.96.